The zero-order chi connectivity index (χ0) is 19.3. The number of morpholine rings is 1. The minimum Gasteiger partial charge on any atom is -0.495 e. The molecule has 144 valence electrons. The predicted octanol–water partition coefficient (Wildman–Crippen LogP) is 1.90. The van der Waals surface area contributed by atoms with Gasteiger partial charge in [-0.25, -0.2) is 8.42 Å². The van der Waals surface area contributed by atoms with Gasteiger partial charge in [-0.2, -0.15) is 4.31 Å². The minimum atomic E-state index is -3.74. The number of methoxy groups -OCH3 is 1. The first-order valence-electron chi connectivity index (χ1n) is 8.60. The first kappa shape index (κ1) is 19.3. The first-order valence-corrected chi connectivity index (χ1v) is 10.0. The molecule has 0 atom stereocenters. The molecule has 1 heterocycles. The number of anilines is 1. The Kier molecular flexibility index (Phi) is 6.10. The summed E-state index contributed by atoms with van der Waals surface area (Å²) in [5.74, 6) is 0.0173. The molecule has 1 amide bonds. The predicted molar refractivity (Wildman–Crippen MR) is 101 cm³/mol. The van der Waals surface area contributed by atoms with Gasteiger partial charge in [0.2, 0.25) is 15.9 Å². The van der Waals surface area contributed by atoms with Crippen LogP contribution in [0.4, 0.5) is 5.69 Å². The average Bonchev–Trinajstić information content (AvgIpc) is 2.69. The van der Waals surface area contributed by atoms with Gasteiger partial charge in [0.1, 0.15) is 10.6 Å². The molecular formula is C19H22N2O5S. The van der Waals surface area contributed by atoms with Crippen molar-refractivity contribution in [1.29, 1.82) is 0 Å². The maximum absolute atomic E-state index is 13.0. The van der Waals surface area contributed by atoms with Gasteiger partial charge in [0.25, 0.3) is 0 Å². The van der Waals surface area contributed by atoms with Crippen LogP contribution in [0.25, 0.3) is 0 Å². The Morgan fingerprint density at radius 3 is 2.52 bits per heavy atom. The van der Waals surface area contributed by atoms with Crippen molar-refractivity contribution in [3.05, 3.63) is 54.1 Å². The molecule has 7 nitrogen and oxygen atoms in total. The Balaban J connectivity index is 1.81. The summed E-state index contributed by atoms with van der Waals surface area (Å²) in [6.07, 6.45) is 0.207. The van der Waals surface area contributed by atoms with Gasteiger partial charge in [-0.15, -0.1) is 0 Å². The third-order valence-corrected chi connectivity index (χ3v) is 6.16. The van der Waals surface area contributed by atoms with Crippen molar-refractivity contribution in [1.82, 2.24) is 4.31 Å². The number of nitrogens with zero attached hydrogens (tertiary/aromatic N) is 1. The fraction of sp³-hybridized carbons (Fsp3) is 0.316. The number of carbonyl (C=O) groups excluding carboxylic acids is 1. The molecular weight excluding hydrogens is 368 g/mol. The highest BCUT2D eigenvalue weighted by atomic mass is 32.2. The summed E-state index contributed by atoms with van der Waals surface area (Å²) >= 11 is 0. The monoisotopic (exact) mass is 390 g/mol. The maximum atomic E-state index is 13.0. The SMILES string of the molecule is COc1ccc(NC(=O)Cc2ccccc2)cc1S(=O)(=O)N1CCOCC1. The molecule has 1 saturated heterocycles. The van der Waals surface area contributed by atoms with E-state index in [1.165, 1.54) is 17.5 Å². The van der Waals surface area contributed by atoms with E-state index in [1.807, 2.05) is 30.3 Å². The summed E-state index contributed by atoms with van der Waals surface area (Å²) < 4.78 is 37.8. The Bertz CT molecular complexity index is 894. The van der Waals surface area contributed by atoms with Gasteiger partial charge in [0.15, 0.2) is 0 Å². The number of sulfonamides is 1. The lowest BCUT2D eigenvalue weighted by Gasteiger charge is -2.26. The molecule has 0 aromatic heterocycles. The number of ether oxygens (including phenoxy) is 2. The second kappa shape index (κ2) is 8.51. The number of nitrogens with one attached hydrogen (secondary N) is 1. The van der Waals surface area contributed by atoms with Crippen molar-refractivity contribution < 1.29 is 22.7 Å². The number of amides is 1. The number of hydrogen-bond donors (Lipinski definition) is 1. The standard InChI is InChI=1S/C19H22N2O5S/c1-25-17-8-7-16(20-19(22)13-15-5-3-2-4-6-15)14-18(17)27(23,24)21-9-11-26-12-10-21/h2-8,14H,9-13H2,1H3,(H,20,22). The average molecular weight is 390 g/mol. The van der Waals surface area contributed by atoms with Crippen LogP contribution < -0.4 is 10.1 Å². The molecule has 3 rings (SSSR count). The van der Waals surface area contributed by atoms with Gasteiger partial charge >= 0.3 is 0 Å². The van der Waals surface area contributed by atoms with Crippen molar-refractivity contribution in [2.45, 2.75) is 11.3 Å². The van der Waals surface area contributed by atoms with Gasteiger partial charge in [-0.05, 0) is 23.8 Å². The topological polar surface area (TPSA) is 84.9 Å². The normalized spacial score (nSPS) is 15.3. The number of benzene rings is 2. The molecule has 0 unspecified atom stereocenters. The molecule has 27 heavy (non-hydrogen) atoms. The van der Waals surface area contributed by atoms with E-state index in [-0.39, 0.29) is 36.1 Å². The number of rotatable bonds is 6. The molecule has 0 spiro atoms. The highest BCUT2D eigenvalue weighted by Crippen LogP contribution is 2.30. The number of hydrogen-bond acceptors (Lipinski definition) is 5. The molecule has 0 radical (unpaired) electrons. The lowest BCUT2D eigenvalue weighted by atomic mass is 10.1. The lowest BCUT2D eigenvalue weighted by molar-refractivity contribution is -0.115. The minimum absolute atomic E-state index is 0.0319. The van der Waals surface area contributed by atoms with Gasteiger partial charge < -0.3 is 14.8 Å². The van der Waals surface area contributed by atoms with Crippen LogP contribution in [0.3, 0.4) is 0 Å². The van der Waals surface area contributed by atoms with Crippen molar-refractivity contribution in [2.75, 3.05) is 38.7 Å². The number of carbonyl (C=O) groups is 1. The summed E-state index contributed by atoms with van der Waals surface area (Å²) in [6.45, 7) is 1.29. The smallest absolute Gasteiger partial charge is 0.246 e. The van der Waals surface area contributed by atoms with E-state index in [0.29, 0.717) is 18.9 Å². The summed E-state index contributed by atoms with van der Waals surface area (Å²) in [5, 5.41) is 2.75. The van der Waals surface area contributed by atoms with Gasteiger partial charge in [0, 0.05) is 18.8 Å². The van der Waals surface area contributed by atoms with E-state index in [2.05, 4.69) is 5.32 Å². The van der Waals surface area contributed by atoms with Crippen molar-refractivity contribution in [2.24, 2.45) is 0 Å². The van der Waals surface area contributed by atoms with Crippen LogP contribution in [-0.2, 0) is 26.0 Å². The Hall–Kier alpha value is -2.42. The van der Waals surface area contributed by atoms with Crippen molar-refractivity contribution >= 4 is 21.6 Å². The molecule has 8 heteroatoms. The molecule has 1 fully saturated rings. The zero-order valence-corrected chi connectivity index (χ0v) is 15.9. The van der Waals surface area contributed by atoms with Gasteiger partial charge in [-0.1, -0.05) is 30.3 Å². The van der Waals surface area contributed by atoms with E-state index in [9.17, 15) is 13.2 Å². The molecule has 1 aliphatic heterocycles. The quantitative estimate of drug-likeness (QED) is 0.814. The molecule has 1 N–H and O–H groups in total. The van der Waals surface area contributed by atoms with Crippen LogP contribution in [0.1, 0.15) is 5.56 Å². The maximum Gasteiger partial charge on any atom is 0.246 e. The van der Waals surface area contributed by atoms with E-state index < -0.39 is 10.0 Å². The zero-order valence-electron chi connectivity index (χ0n) is 15.1. The Labute approximate surface area is 158 Å². The first-order chi connectivity index (χ1) is 13.0. The third kappa shape index (κ3) is 4.65. The van der Waals surface area contributed by atoms with E-state index >= 15 is 0 Å². The molecule has 1 aliphatic rings. The van der Waals surface area contributed by atoms with Crippen LogP contribution in [0.2, 0.25) is 0 Å². The van der Waals surface area contributed by atoms with Crippen LogP contribution in [-0.4, -0.2) is 52.0 Å². The van der Waals surface area contributed by atoms with Crippen molar-refractivity contribution in [3.63, 3.8) is 0 Å². The fourth-order valence-corrected chi connectivity index (χ4v) is 4.46. The second-order valence-electron chi connectivity index (χ2n) is 6.09. The second-order valence-corrected chi connectivity index (χ2v) is 8.00. The molecule has 0 aliphatic carbocycles. The lowest BCUT2D eigenvalue weighted by Crippen LogP contribution is -2.40. The van der Waals surface area contributed by atoms with Gasteiger partial charge in [-0.3, -0.25) is 4.79 Å². The van der Waals surface area contributed by atoms with E-state index in [4.69, 9.17) is 9.47 Å². The Morgan fingerprint density at radius 2 is 1.85 bits per heavy atom. The highest BCUT2D eigenvalue weighted by Gasteiger charge is 2.29. The fourth-order valence-electron chi connectivity index (χ4n) is 2.87. The largest absolute Gasteiger partial charge is 0.495 e. The summed E-state index contributed by atoms with van der Waals surface area (Å²) in [7, 11) is -2.33. The van der Waals surface area contributed by atoms with Gasteiger partial charge in [0.05, 0.1) is 26.7 Å². The van der Waals surface area contributed by atoms with Crippen LogP contribution in [0.5, 0.6) is 5.75 Å². The third-order valence-electron chi connectivity index (χ3n) is 4.24. The molecule has 2 aromatic carbocycles. The Morgan fingerprint density at radius 1 is 1.15 bits per heavy atom. The summed E-state index contributed by atoms with van der Waals surface area (Å²) in [4.78, 5) is 12.3. The van der Waals surface area contributed by atoms with Crippen molar-refractivity contribution in [3.8, 4) is 5.75 Å². The van der Waals surface area contributed by atoms with Crippen LogP contribution in [0.15, 0.2) is 53.4 Å². The van der Waals surface area contributed by atoms with Crippen LogP contribution >= 0.6 is 0 Å². The highest BCUT2D eigenvalue weighted by molar-refractivity contribution is 7.89. The summed E-state index contributed by atoms with van der Waals surface area (Å²) in [6, 6.07) is 13.9. The summed E-state index contributed by atoms with van der Waals surface area (Å²) in [5.41, 5.74) is 1.29. The van der Waals surface area contributed by atoms with E-state index in [0.717, 1.165) is 5.56 Å². The molecule has 2 aromatic rings. The van der Waals surface area contributed by atoms with E-state index in [1.54, 1.807) is 12.1 Å². The molecule has 0 saturated carbocycles. The molecule has 0 bridgehead atoms. The van der Waals surface area contributed by atoms with Crippen LogP contribution in [0, 0.1) is 0 Å².